The molecule has 2 heterocycles. The molecule has 0 bridgehead atoms. The smallest absolute Gasteiger partial charge is 0.240 e. The zero-order chi connectivity index (χ0) is 13.1. The number of carbonyl (C=O) groups is 1. The normalized spacial score (nSPS) is 33.1. The van der Waals surface area contributed by atoms with E-state index in [0.717, 1.165) is 32.4 Å². The van der Waals surface area contributed by atoms with E-state index < -0.39 is 0 Å². The lowest BCUT2D eigenvalue weighted by molar-refractivity contribution is -0.135. The first-order valence-electron chi connectivity index (χ1n) is 7.29. The Morgan fingerprint density at radius 3 is 2.72 bits per heavy atom. The molecule has 0 radical (unpaired) electrons. The minimum atomic E-state index is 0.0662. The van der Waals surface area contributed by atoms with Crippen molar-refractivity contribution >= 4 is 5.91 Å². The first-order chi connectivity index (χ1) is 8.58. The molecule has 3 atom stereocenters. The fraction of sp³-hybridized carbons (Fsp3) is 0.929. The average molecular weight is 253 g/mol. The van der Waals surface area contributed by atoms with E-state index in [0.29, 0.717) is 18.0 Å². The van der Waals surface area contributed by atoms with Crippen molar-refractivity contribution in [1.82, 2.24) is 15.1 Å². The molecule has 2 rings (SSSR count). The van der Waals surface area contributed by atoms with E-state index >= 15 is 0 Å². The minimum absolute atomic E-state index is 0.0662. The molecule has 0 aromatic heterocycles. The summed E-state index contributed by atoms with van der Waals surface area (Å²) in [5.41, 5.74) is 0. The van der Waals surface area contributed by atoms with Gasteiger partial charge in [-0.25, -0.2) is 0 Å². The van der Waals surface area contributed by atoms with Crippen LogP contribution in [0.1, 0.15) is 39.0 Å². The van der Waals surface area contributed by atoms with Crippen LogP contribution in [-0.2, 0) is 4.79 Å². The second-order valence-corrected chi connectivity index (χ2v) is 6.14. The maximum atomic E-state index is 12.6. The summed E-state index contributed by atoms with van der Waals surface area (Å²) in [6.07, 6.45) is 5.70. The van der Waals surface area contributed by atoms with E-state index in [1.807, 2.05) is 0 Å². The van der Waals surface area contributed by atoms with Gasteiger partial charge < -0.3 is 15.1 Å². The van der Waals surface area contributed by atoms with Gasteiger partial charge in [0.1, 0.15) is 0 Å². The Morgan fingerprint density at radius 2 is 2.06 bits per heavy atom. The van der Waals surface area contributed by atoms with Gasteiger partial charge in [-0.3, -0.25) is 4.79 Å². The summed E-state index contributed by atoms with van der Waals surface area (Å²) in [5.74, 6) is 0.339. The van der Waals surface area contributed by atoms with Crippen LogP contribution in [0.4, 0.5) is 0 Å². The summed E-state index contributed by atoms with van der Waals surface area (Å²) < 4.78 is 0. The molecule has 4 nitrogen and oxygen atoms in total. The molecule has 1 N–H and O–H groups in total. The van der Waals surface area contributed by atoms with Crippen molar-refractivity contribution in [1.29, 1.82) is 0 Å². The minimum Gasteiger partial charge on any atom is -0.337 e. The van der Waals surface area contributed by atoms with Crippen molar-refractivity contribution < 1.29 is 4.79 Å². The third-order valence-corrected chi connectivity index (χ3v) is 4.15. The zero-order valence-corrected chi connectivity index (χ0v) is 12.0. The van der Waals surface area contributed by atoms with Crippen molar-refractivity contribution in [3.8, 4) is 0 Å². The number of piperidine rings is 1. The average Bonchev–Trinajstić information content (AvgIpc) is 2.75. The van der Waals surface area contributed by atoms with E-state index in [1.165, 1.54) is 12.8 Å². The van der Waals surface area contributed by atoms with Gasteiger partial charge in [-0.1, -0.05) is 0 Å². The maximum Gasteiger partial charge on any atom is 0.240 e. The summed E-state index contributed by atoms with van der Waals surface area (Å²) in [6, 6.07) is 0.977. The second-order valence-electron chi connectivity index (χ2n) is 6.14. The highest BCUT2D eigenvalue weighted by Gasteiger charge is 2.34. The molecule has 0 saturated carbocycles. The predicted molar refractivity (Wildman–Crippen MR) is 73.5 cm³/mol. The molecular formula is C14H27N3O. The molecule has 104 valence electrons. The number of likely N-dealkylation sites (N-methyl/N-ethyl adjacent to an activating group) is 1. The molecule has 4 heteroatoms. The largest absolute Gasteiger partial charge is 0.337 e. The highest BCUT2D eigenvalue weighted by atomic mass is 16.2. The Balaban J connectivity index is 1.94. The van der Waals surface area contributed by atoms with Crippen LogP contribution in [0, 0.1) is 0 Å². The number of likely N-dealkylation sites (tertiary alicyclic amines) is 1. The number of rotatable bonds is 3. The molecule has 2 aliphatic heterocycles. The highest BCUT2D eigenvalue weighted by molar-refractivity contribution is 5.82. The van der Waals surface area contributed by atoms with Gasteiger partial charge >= 0.3 is 0 Å². The third kappa shape index (κ3) is 3.23. The first kappa shape index (κ1) is 13.8. The molecule has 2 fully saturated rings. The number of hydrogen-bond acceptors (Lipinski definition) is 3. The number of nitrogens with zero attached hydrogens (tertiary/aromatic N) is 2. The van der Waals surface area contributed by atoms with Crippen LogP contribution >= 0.6 is 0 Å². The molecule has 0 aromatic rings. The Morgan fingerprint density at radius 1 is 1.28 bits per heavy atom. The van der Waals surface area contributed by atoms with Crippen LogP contribution in [0.5, 0.6) is 0 Å². The van der Waals surface area contributed by atoms with Crippen molar-refractivity contribution in [2.24, 2.45) is 0 Å². The Hall–Kier alpha value is -0.610. The molecule has 2 aliphatic rings. The number of amides is 1. The molecule has 3 unspecified atom stereocenters. The monoisotopic (exact) mass is 253 g/mol. The Kier molecular flexibility index (Phi) is 4.62. The lowest BCUT2D eigenvalue weighted by atomic mass is 9.98. The topological polar surface area (TPSA) is 35.6 Å². The molecule has 1 amide bonds. The Labute approximate surface area is 111 Å². The van der Waals surface area contributed by atoms with Gasteiger partial charge in [0.25, 0.3) is 0 Å². The summed E-state index contributed by atoms with van der Waals surface area (Å²) in [5, 5.41) is 3.46. The molecule has 0 aromatic carbocycles. The van der Waals surface area contributed by atoms with Crippen molar-refractivity contribution in [3.63, 3.8) is 0 Å². The van der Waals surface area contributed by atoms with Crippen LogP contribution in [0.2, 0.25) is 0 Å². The van der Waals surface area contributed by atoms with Crippen LogP contribution in [0.15, 0.2) is 0 Å². The summed E-state index contributed by atoms with van der Waals surface area (Å²) >= 11 is 0. The number of hydrogen-bond donors (Lipinski definition) is 1. The van der Waals surface area contributed by atoms with E-state index in [2.05, 4.69) is 36.1 Å². The van der Waals surface area contributed by atoms with Crippen molar-refractivity contribution in [3.05, 3.63) is 0 Å². The summed E-state index contributed by atoms with van der Waals surface area (Å²) in [4.78, 5) is 16.9. The van der Waals surface area contributed by atoms with Crippen LogP contribution < -0.4 is 5.32 Å². The molecular weight excluding hydrogens is 226 g/mol. The van der Waals surface area contributed by atoms with E-state index in [4.69, 9.17) is 0 Å². The second kappa shape index (κ2) is 6.02. The maximum absolute atomic E-state index is 12.6. The quantitative estimate of drug-likeness (QED) is 0.817. The summed E-state index contributed by atoms with van der Waals surface area (Å²) in [7, 11) is 4.17. The van der Waals surface area contributed by atoms with E-state index in [9.17, 15) is 4.79 Å². The van der Waals surface area contributed by atoms with Crippen LogP contribution in [-0.4, -0.2) is 61.0 Å². The zero-order valence-electron chi connectivity index (χ0n) is 12.0. The van der Waals surface area contributed by atoms with Crippen LogP contribution in [0.25, 0.3) is 0 Å². The lowest BCUT2D eigenvalue weighted by Crippen LogP contribution is -2.53. The highest BCUT2D eigenvalue weighted by Crippen LogP contribution is 2.22. The van der Waals surface area contributed by atoms with E-state index in [1.54, 1.807) is 0 Å². The first-order valence-corrected chi connectivity index (χ1v) is 7.29. The molecule has 18 heavy (non-hydrogen) atoms. The number of nitrogens with one attached hydrogen (secondary N) is 1. The van der Waals surface area contributed by atoms with Gasteiger partial charge in [0, 0.05) is 25.2 Å². The third-order valence-electron chi connectivity index (χ3n) is 4.15. The van der Waals surface area contributed by atoms with Gasteiger partial charge in [0.05, 0.1) is 6.04 Å². The van der Waals surface area contributed by atoms with Gasteiger partial charge in [-0.15, -0.1) is 0 Å². The van der Waals surface area contributed by atoms with Crippen molar-refractivity contribution in [2.75, 3.05) is 27.2 Å². The van der Waals surface area contributed by atoms with Crippen LogP contribution in [0.3, 0.4) is 0 Å². The predicted octanol–water partition coefficient (Wildman–Crippen LogP) is 1.07. The van der Waals surface area contributed by atoms with Gasteiger partial charge in [0.15, 0.2) is 0 Å². The molecule has 0 spiro atoms. The van der Waals surface area contributed by atoms with Gasteiger partial charge in [-0.2, -0.15) is 0 Å². The molecule has 0 aliphatic carbocycles. The molecule has 2 saturated heterocycles. The van der Waals surface area contributed by atoms with Crippen molar-refractivity contribution in [2.45, 2.75) is 57.2 Å². The van der Waals surface area contributed by atoms with E-state index in [-0.39, 0.29) is 6.04 Å². The summed E-state index contributed by atoms with van der Waals surface area (Å²) in [6.45, 7) is 4.12. The Bertz CT molecular complexity index is 293. The number of carbonyl (C=O) groups excluding carboxylic acids is 1. The fourth-order valence-corrected chi connectivity index (χ4v) is 3.27. The SMILES string of the molecule is CC1CCCC(C(=O)N2CCCC2CN(C)C)N1. The van der Waals surface area contributed by atoms with Gasteiger partial charge in [-0.05, 0) is 53.1 Å². The van der Waals surface area contributed by atoms with Gasteiger partial charge in [0.2, 0.25) is 5.91 Å². The lowest BCUT2D eigenvalue weighted by Gasteiger charge is -2.34. The standard InChI is InChI=1S/C14H27N3O/c1-11-6-4-8-13(15-11)14(18)17-9-5-7-12(17)10-16(2)3/h11-13,15H,4-10H2,1-3H3. The fourth-order valence-electron chi connectivity index (χ4n) is 3.27.